The van der Waals surface area contributed by atoms with Crippen molar-refractivity contribution in [1.29, 1.82) is 0 Å². The van der Waals surface area contributed by atoms with E-state index in [0.717, 1.165) is 37.1 Å². The molecule has 2 heteroatoms. The highest BCUT2D eigenvalue weighted by molar-refractivity contribution is 5.87. The second kappa shape index (κ2) is 13.5. The average Bonchev–Trinajstić information content (AvgIpc) is 3.91. The molecular weight excluding hydrogens is 701 g/mol. The maximum atomic E-state index is 2.54. The SMILES string of the molecule is CC1(C)c2ccccc2-c2cc(N(c3ccccc3)c3ccc4c(c3)[C@]3(CCc5ccc(N(c6ccccc6)c6ccc(-c7ccccc7)cc6)cc53)CC4)ccc21. The van der Waals surface area contributed by atoms with Crippen molar-refractivity contribution in [3.05, 3.63) is 228 Å². The summed E-state index contributed by atoms with van der Waals surface area (Å²) < 4.78 is 0. The molecule has 11 rings (SSSR count). The van der Waals surface area contributed by atoms with Crippen molar-refractivity contribution in [2.24, 2.45) is 0 Å². The smallest absolute Gasteiger partial charge is 0.0468 e. The molecule has 0 saturated carbocycles. The van der Waals surface area contributed by atoms with Gasteiger partial charge in [-0.25, -0.2) is 0 Å². The molecule has 0 N–H and O–H groups in total. The molecule has 3 aliphatic carbocycles. The van der Waals surface area contributed by atoms with Crippen LogP contribution in [-0.4, -0.2) is 0 Å². The summed E-state index contributed by atoms with van der Waals surface area (Å²) in [6, 6.07) is 72.2. The summed E-state index contributed by atoms with van der Waals surface area (Å²) in [5.74, 6) is 0. The quantitative estimate of drug-likeness (QED) is 0.160. The van der Waals surface area contributed by atoms with E-state index in [2.05, 4.69) is 218 Å². The largest absolute Gasteiger partial charge is 0.310 e. The molecule has 1 atom stereocenters. The molecule has 0 fully saturated rings. The number of hydrogen-bond acceptors (Lipinski definition) is 2. The fraction of sp³-hybridized carbons (Fsp3) is 0.143. The molecule has 0 aliphatic heterocycles. The topological polar surface area (TPSA) is 6.48 Å². The summed E-state index contributed by atoms with van der Waals surface area (Å²) in [4.78, 5) is 4.90. The number of benzene rings is 8. The molecule has 1 spiro atoms. The number of rotatable bonds is 7. The molecule has 0 saturated heterocycles. The Morgan fingerprint density at radius 3 is 1.38 bits per heavy atom. The van der Waals surface area contributed by atoms with Crippen molar-refractivity contribution < 1.29 is 0 Å². The first-order valence-electron chi connectivity index (χ1n) is 20.9. The van der Waals surface area contributed by atoms with Gasteiger partial charge in [0.05, 0.1) is 0 Å². The number of aryl methyl sites for hydroxylation is 2. The predicted molar refractivity (Wildman–Crippen MR) is 243 cm³/mol. The van der Waals surface area contributed by atoms with Gasteiger partial charge in [0.2, 0.25) is 0 Å². The molecule has 58 heavy (non-hydrogen) atoms. The van der Waals surface area contributed by atoms with Crippen LogP contribution in [0.15, 0.2) is 194 Å². The summed E-state index contributed by atoms with van der Waals surface area (Å²) in [7, 11) is 0. The van der Waals surface area contributed by atoms with E-state index in [9.17, 15) is 0 Å². The minimum atomic E-state index is -0.0294. The molecular formula is C56H46N2. The van der Waals surface area contributed by atoms with Gasteiger partial charge in [-0.15, -0.1) is 0 Å². The second-order valence-corrected chi connectivity index (χ2v) is 16.9. The van der Waals surface area contributed by atoms with Crippen molar-refractivity contribution in [1.82, 2.24) is 0 Å². The normalized spacial score (nSPS) is 16.7. The fourth-order valence-corrected chi connectivity index (χ4v) is 10.6. The number of anilines is 6. The van der Waals surface area contributed by atoms with Crippen LogP contribution in [0.3, 0.4) is 0 Å². The molecule has 0 amide bonds. The van der Waals surface area contributed by atoms with Crippen molar-refractivity contribution in [3.63, 3.8) is 0 Å². The van der Waals surface area contributed by atoms with Gasteiger partial charge < -0.3 is 9.80 Å². The molecule has 2 nitrogen and oxygen atoms in total. The third-order valence-corrected chi connectivity index (χ3v) is 13.5. The van der Waals surface area contributed by atoms with Crippen LogP contribution >= 0.6 is 0 Å². The number of fused-ring (bicyclic) bond motifs is 7. The van der Waals surface area contributed by atoms with Gasteiger partial charge in [-0.05, 0) is 154 Å². The number of para-hydroxylation sites is 2. The molecule has 0 bridgehead atoms. The Kier molecular flexibility index (Phi) is 8.05. The minimum absolute atomic E-state index is 0.0283. The molecule has 3 aliphatic rings. The zero-order valence-electron chi connectivity index (χ0n) is 33.2. The molecule has 8 aromatic rings. The van der Waals surface area contributed by atoms with Crippen LogP contribution in [0.25, 0.3) is 22.3 Å². The lowest BCUT2D eigenvalue weighted by Gasteiger charge is -2.32. The lowest BCUT2D eigenvalue weighted by atomic mass is 9.76. The number of hydrogen-bond donors (Lipinski definition) is 0. The molecule has 0 heterocycles. The van der Waals surface area contributed by atoms with Gasteiger partial charge in [0, 0.05) is 45.0 Å². The summed E-state index contributed by atoms with van der Waals surface area (Å²) in [6.45, 7) is 4.72. The first kappa shape index (κ1) is 34.6. The Bertz CT molecular complexity index is 2800. The van der Waals surface area contributed by atoms with E-state index in [4.69, 9.17) is 0 Å². The van der Waals surface area contributed by atoms with Crippen molar-refractivity contribution in [3.8, 4) is 22.3 Å². The van der Waals surface area contributed by atoms with E-state index >= 15 is 0 Å². The Hall–Kier alpha value is -6.64. The van der Waals surface area contributed by atoms with Crippen LogP contribution in [0.4, 0.5) is 34.1 Å². The van der Waals surface area contributed by atoms with Crippen LogP contribution in [-0.2, 0) is 23.7 Å². The van der Waals surface area contributed by atoms with Crippen molar-refractivity contribution in [2.45, 2.75) is 50.4 Å². The maximum absolute atomic E-state index is 2.54. The van der Waals surface area contributed by atoms with Crippen molar-refractivity contribution >= 4 is 34.1 Å². The van der Waals surface area contributed by atoms with Gasteiger partial charge in [0.1, 0.15) is 0 Å². The zero-order valence-corrected chi connectivity index (χ0v) is 33.2. The monoisotopic (exact) mass is 746 g/mol. The summed E-state index contributed by atoms with van der Waals surface area (Å²) in [6.07, 6.45) is 4.46. The van der Waals surface area contributed by atoms with Crippen LogP contribution in [0.1, 0.15) is 60.1 Å². The molecule has 8 aromatic carbocycles. The van der Waals surface area contributed by atoms with Crippen LogP contribution in [0.5, 0.6) is 0 Å². The first-order chi connectivity index (χ1) is 28.5. The van der Waals surface area contributed by atoms with E-state index in [-0.39, 0.29) is 10.8 Å². The summed E-state index contributed by atoms with van der Waals surface area (Å²) >= 11 is 0. The van der Waals surface area contributed by atoms with Gasteiger partial charge in [-0.1, -0.05) is 135 Å². The Labute approximate surface area is 342 Å². The van der Waals surface area contributed by atoms with E-state index in [1.807, 2.05) is 0 Å². The van der Waals surface area contributed by atoms with Crippen LogP contribution in [0, 0.1) is 0 Å². The van der Waals surface area contributed by atoms with E-state index in [1.165, 1.54) is 78.4 Å². The molecule has 0 aromatic heterocycles. The van der Waals surface area contributed by atoms with Gasteiger partial charge in [-0.3, -0.25) is 0 Å². The highest BCUT2D eigenvalue weighted by Gasteiger charge is 2.45. The van der Waals surface area contributed by atoms with Gasteiger partial charge in [-0.2, -0.15) is 0 Å². The average molecular weight is 747 g/mol. The van der Waals surface area contributed by atoms with Gasteiger partial charge in [0.15, 0.2) is 0 Å². The van der Waals surface area contributed by atoms with Crippen LogP contribution in [0.2, 0.25) is 0 Å². The second-order valence-electron chi connectivity index (χ2n) is 16.9. The molecule has 280 valence electrons. The van der Waals surface area contributed by atoms with E-state index < -0.39 is 0 Å². The number of nitrogens with zero attached hydrogens (tertiary/aromatic N) is 2. The fourth-order valence-electron chi connectivity index (χ4n) is 10.6. The Balaban J connectivity index is 1.01. The Morgan fingerprint density at radius 2 is 0.776 bits per heavy atom. The van der Waals surface area contributed by atoms with Crippen LogP contribution < -0.4 is 9.80 Å². The standard InChI is InChI=1S/C56H46N2/c1-55(2)51-21-13-12-20-49(51)50-36-46(30-31-52(50)55)58(44-18-10-5-11-19-44)48-29-25-42-33-35-56(54(42)38-48)34-32-41-24-28-47(37-53(41)56)57(43-16-8-4-9-17-43)45-26-22-40(23-27-45)39-14-6-3-7-15-39/h3-31,36-38H,32-35H2,1-2H3/t56-/m1/s1. The first-order valence-corrected chi connectivity index (χ1v) is 20.9. The van der Waals surface area contributed by atoms with Gasteiger partial charge >= 0.3 is 0 Å². The molecule has 0 unspecified atom stereocenters. The lowest BCUT2D eigenvalue weighted by Crippen LogP contribution is -2.22. The predicted octanol–water partition coefficient (Wildman–Crippen LogP) is 14.8. The summed E-state index contributed by atoms with van der Waals surface area (Å²) in [5.41, 5.74) is 20.9. The third kappa shape index (κ3) is 5.46. The maximum Gasteiger partial charge on any atom is 0.0468 e. The summed E-state index contributed by atoms with van der Waals surface area (Å²) in [5, 5.41) is 0. The third-order valence-electron chi connectivity index (χ3n) is 13.5. The van der Waals surface area contributed by atoms with Crippen molar-refractivity contribution in [2.75, 3.05) is 9.80 Å². The van der Waals surface area contributed by atoms with E-state index in [0.29, 0.717) is 0 Å². The Morgan fingerprint density at radius 1 is 0.345 bits per heavy atom. The highest BCUT2D eigenvalue weighted by atomic mass is 15.1. The highest BCUT2D eigenvalue weighted by Crippen LogP contribution is 2.55. The zero-order chi connectivity index (χ0) is 38.8. The van der Waals surface area contributed by atoms with Gasteiger partial charge in [0.25, 0.3) is 0 Å². The van der Waals surface area contributed by atoms with E-state index in [1.54, 1.807) is 0 Å². The molecule has 0 radical (unpaired) electrons. The minimum Gasteiger partial charge on any atom is -0.310 e. The lowest BCUT2D eigenvalue weighted by molar-refractivity contribution is 0.507.